The van der Waals surface area contributed by atoms with E-state index in [1.807, 2.05) is 0 Å². The number of anilines is 2. The van der Waals surface area contributed by atoms with E-state index >= 15 is 0 Å². The second-order valence-corrected chi connectivity index (χ2v) is 20.0. The van der Waals surface area contributed by atoms with Crippen LogP contribution < -0.4 is 11.5 Å². The Bertz CT molecular complexity index is 2390. The topological polar surface area (TPSA) is 487 Å². The molecule has 0 bridgehead atoms. The molecule has 11 atom stereocenters. The molecule has 7 unspecified atom stereocenters. The summed E-state index contributed by atoms with van der Waals surface area (Å²) in [5, 5.41) is 43.4. The van der Waals surface area contributed by atoms with Gasteiger partial charge in [0.05, 0.1) is 25.9 Å². The monoisotopic (exact) mass is 958 g/mol. The van der Waals surface area contributed by atoms with Gasteiger partial charge in [-0.3, -0.25) is 23.0 Å². The number of phosphoric acid groups is 5. The molecule has 2 aliphatic rings. The highest BCUT2D eigenvalue weighted by atomic mass is 31.3. The average molecular weight is 958 g/mol. The Balaban J connectivity index is 1.26. The van der Waals surface area contributed by atoms with Crippen molar-refractivity contribution in [1.82, 2.24) is 39.0 Å². The van der Waals surface area contributed by atoms with Crippen LogP contribution in [-0.2, 0) is 67.9 Å². The lowest BCUT2D eigenvalue weighted by atomic mass is 10.1. The molecule has 4 aromatic heterocycles. The first-order valence-corrected chi connectivity index (χ1v) is 23.4. The Morgan fingerprint density at radius 3 is 1.50 bits per heavy atom. The largest absolute Gasteiger partial charge is 0.550 e. The van der Waals surface area contributed by atoms with E-state index in [1.54, 1.807) is 0 Å². The summed E-state index contributed by atoms with van der Waals surface area (Å²) >= 11 is 0. The molecule has 12 N–H and O–H groups in total. The summed E-state index contributed by atoms with van der Waals surface area (Å²) < 4.78 is 108. The summed E-state index contributed by atoms with van der Waals surface area (Å²) in [7, 11) is -31.1. The number of nitrogens with two attached hydrogens (primary N) is 2. The Kier molecular flexibility index (Phi) is 13.2. The number of hydrogen-bond acceptors (Lipinski definition) is 27. The predicted molar refractivity (Wildman–Crippen MR) is 186 cm³/mol. The number of ether oxygens (including phenoxy) is 2. The molecule has 0 saturated carbocycles. The fraction of sp³-hybridized carbons (Fsp3) is 0.500. The number of carbonyl (C=O) groups is 1. The highest BCUT2D eigenvalue weighted by Gasteiger charge is 2.54. The van der Waals surface area contributed by atoms with E-state index < -0.39 is 107 Å². The fourth-order valence-corrected chi connectivity index (χ4v) is 12.4. The fourth-order valence-electron chi connectivity index (χ4n) is 5.47. The molecular formula is C22H31N10O23P5. The van der Waals surface area contributed by atoms with Crippen molar-refractivity contribution in [2.45, 2.75) is 56.0 Å². The van der Waals surface area contributed by atoms with Crippen LogP contribution in [0, 0.1) is 0 Å². The van der Waals surface area contributed by atoms with Crippen molar-refractivity contribution in [1.29, 1.82) is 0 Å². The van der Waals surface area contributed by atoms with Gasteiger partial charge in [0.15, 0.2) is 35.4 Å². The van der Waals surface area contributed by atoms with Crippen LogP contribution in [0.15, 0.2) is 25.3 Å². The molecule has 38 heteroatoms. The third-order valence-electron chi connectivity index (χ3n) is 7.85. The minimum atomic E-state index is -6.53. The number of nitrogen functional groups attached to an aromatic ring is 2. The molecule has 2 fully saturated rings. The molecule has 0 spiro atoms. The number of imidazole rings is 2. The first-order valence-electron chi connectivity index (χ1n) is 15.9. The van der Waals surface area contributed by atoms with Gasteiger partial charge in [-0.1, -0.05) is 0 Å². The standard InChI is InChI=1S/C22H31N10O23P5/c1-8(33)51-60(46,54-58(43,44)53-57(41,42)52-56(38,39)40)55-59(45,47-2-9-13(34)15(36)21(49-9)31-6-29-11-17(23)25-4-27-19(11)31)48-3-10-14(35)16(37)22(50-10)32-7-30-12-18(24)26-5-28-20(12)32/h4-7,9-10,13-16,21-22,34-37H,2-3H2,1H3,(H,41,42)(H,43,44)(H2,23,25,27)(H2,24,26,28)(H2,38,39,40)/t9-,10-,13?,14?,15?,16?,21-,22-,59?,60?/m1/s1. The number of aliphatic hydroxyl groups excluding tert-OH is 4. The maximum Gasteiger partial charge on any atom is 0.550 e. The second-order valence-electron chi connectivity index (χ2n) is 12.1. The van der Waals surface area contributed by atoms with Crippen LogP contribution in [0.25, 0.3) is 22.3 Å². The van der Waals surface area contributed by atoms with Gasteiger partial charge >= 0.3 is 45.1 Å². The van der Waals surface area contributed by atoms with Gasteiger partial charge in [0.1, 0.15) is 60.3 Å². The number of phosphoric ester groups is 1. The van der Waals surface area contributed by atoms with E-state index in [0.29, 0.717) is 6.92 Å². The van der Waals surface area contributed by atoms with Gasteiger partial charge < -0.3 is 65.5 Å². The van der Waals surface area contributed by atoms with Gasteiger partial charge in [0, 0.05) is 6.92 Å². The van der Waals surface area contributed by atoms with Crippen LogP contribution in [-0.4, -0.2) is 135 Å². The molecule has 60 heavy (non-hydrogen) atoms. The highest BCUT2D eigenvalue weighted by Crippen LogP contribution is 2.75. The van der Waals surface area contributed by atoms with Gasteiger partial charge in [-0.25, -0.2) is 52.7 Å². The van der Waals surface area contributed by atoms with Crippen LogP contribution >= 0.6 is 39.1 Å². The zero-order chi connectivity index (χ0) is 44.2. The lowest BCUT2D eigenvalue weighted by Crippen LogP contribution is -2.34. The van der Waals surface area contributed by atoms with Crippen LogP contribution in [0.4, 0.5) is 11.6 Å². The molecule has 6 heterocycles. The lowest BCUT2D eigenvalue weighted by molar-refractivity contribution is -0.133. The highest BCUT2D eigenvalue weighted by molar-refractivity contribution is 7.71. The molecule has 4 aromatic rings. The van der Waals surface area contributed by atoms with Crippen LogP contribution in [0.5, 0.6) is 0 Å². The molecule has 332 valence electrons. The van der Waals surface area contributed by atoms with E-state index in [9.17, 15) is 57.8 Å². The summed E-state index contributed by atoms with van der Waals surface area (Å²) in [6, 6.07) is 0. The Morgan fingerprint density at radius 2 is 1.08 bits per heavy atom. The van der Waals surface area contributed by atoms with Gasteiger partial charge in [-0.2, -0.15) is 17.2 Å². The minimum absolute atomic E-state index is 0.0154. The maximum absolute atomic E-state index is 14.3. The molecular weight excluding hydrogens is 927 g/mol. The number of aliphatic hydroxyl groups is 4. The van der Waals surface area contributed by atoms with E-state index in [1.165, 1.54) is 0 Å². The van der Waals surface area contributed by atoms with Crippen molar-refractivity contribution in [3.8, 4) is 0 Å². The van der Waals surface area contributed by atoms with Gasteiger partial charge in [0.2, 0.25) is 0 Å². The number of aromatic nitrogens is 8. The van der Waals surface area contributed by atoms with Crippen LogP contribution in [0.1, 0.15) is 19.4 Å². The van der Waals surface area contributed by atoms with Gasteiger partial charge in [-0.05, 0) is 0 Å². The zero-order valence-corrected chi connectivity index (χ0v) is 34.0. The van der Waals surface area contributed by atoms with Crippen molar-refractivity contribution in [3.63, 3.8) is 0 Å². The lowest BCUT2D eigenvalue weighted by Gasteiger charge is -2.26. The Morgan fingerprint density at radius 1 is 0.650 bits per heavy atom. The summed E-state index contributed by atoms with van der Waals surface area (Å²) in [6.07, 6.45) is -9.75. The molecule has 0 aliphatic carbocycles. The van der Waals surface area contributed by atoms with Crippen molar-refractivity contribution in [3.05, 3.63) is 25.3 Å². The van der Waals surface area contributed by atoms with Crippen molar-refractivity contribution in [2.24, 2.45) is 0 Å². The summed E-state index contributed by atoms with van der Waals surface area (Å²) in [5.74, 6) is -1.84. The van der Waals surface area contributed by atoms with Gasteiger partial charge in [-0.15, -0.1) is 0 Å². The Hall–Kier alpha value is -3.32. The number of rotatable bonds is 17. The SMILES string of the molecule is CC(=O)OP(=O)(OP(=O)(O)OP(=O)(O)OP(=O)(O)O)OP(=O)(OC[C@H]1O[C@@H](n2cnc3c(N)ncnc32)C(O)C1O)OC[C@H]1O[C@@H](n2cnc3c(N)ncnc32)C(O)C1O. The van der Waals surface area contributed by atoms with E-state index in [2.05, 4.69) is 47.4 Å². The minimum Gasteiger partial charge on any atom is -0.387 e. The third-order valence-corrected chi connectivity index (χ3v) is 15.8. The van der Waals surface area contributed by atoms with Crippen molar-refractivity contribution in [2.75, 3.05) is 24.7 Å². The van der Waals surface area contributed by atoms with Crippen molar-refractivity contribution < 1.29 is 108 Å². The molecule has 2 aliphatic heterocycles. The molecule has 0 amide bonds. The van der Waals surface area contributed by atoms with Gasteiger partial charge in [0.25, 0.3) is 0 Å². The quantitative estimate of drug-likeness (QED) is 0.0524. The normalized spacial score (nSPS) is 28.9. The van der Waals surface area contributed by atoms with E-state index in [0.717, 1.165) is 34.4 Å². The number of hydrogen-bond donors (Lipinski definition) is 10. The second kappa shape index (κ2) is 17.1. The van der Waals surface area contributed by atoms with Crippen molar-refractivity contribution >= 4 is 79.0 Å². The third kappa shape index (κ3) is 10.3. The summed E-state index contributed by atoms with van der Waals surface area (Å²) in [6.45, 7) is -1.95. The number of nitrogens with zero attached hydrogens (tertiary/aromatic N) is 8. The molecule has 33 nitrogen and oxygen atoms in total. The summed E-state index contributed by atoms with van der Waals surface area (Å²) in [5.41, 5.74) is 11.7. The number of fused-ring (bicyclic) bond motifs is 2. The summed E-state index contributed by atoms with van der Waals surface area (Å²) in [4.78, 5) is 72.7. The molecule has 6 rings (SSSR count). The van der Waals surface area contributed by atoms with Crippen LogP contribution in [0.2, 0.25) is 0 Å². The predicted octanol–water partition coefficient (Wildman–Crippen LogP) is -1.76. The first-order chi connectivity index (χ1) is 27.8. The molecule has 0 aromatic carbocycles. The molecule has 2 saturated heterocycles. The average Bonchev–Trinajstić information content (AvgIpc) is 3.86. The van der Waals surface area contributed by atoms with E-state index in [4.69, 9.17) is 44.1 Å². The van der Waals surface area contributed by atoms with Crippen LogP contribution in [0.3, 0.4) is 0 Å². The molecule has 0 radical (unpaired) electrons. The maximum atomic E-state index is 14.3. The smallest absolute Gasteiger partial charge is 0.387 e. The number of carbonyl (C=O) groups excluding carboxylic acids is 1. The van der Waals surface area contributed by atoms with E-state index in [-0.39, 0.29) is 34.0 Å². The first kappa shape index (κ1) is 46.2. The zero-order valence-electron chi connectivity index (χ0n) is 29.5. The Labute approximate surface area is 331 Å².